The SMILES string of the molecule is C=C(CC=C=C(C)CO[Si](C)(C)C(C)(C)C)c1cc(OS(=O)(=O)c2ccc(C)cc2)c(C)c(OC)c1O[Si](C)(C)C(C)(C)C. The van der Waals surface area contributed by atoms with Crippen LogP contribution < -0.4 is 13.3 Å². The van der Waals surface area contributed by atoms with Crippen LogP contribution in [0.15, 0.2) is 59.2 Å². The molecule has 0 heterocycles. The molecule has 0 aromatic heterocycles. The number of hydrogen-bond donors (Lipinski definition) is 0. The minimum Gasteiger partial charge on any atom is -0.541 e. The summed E-state index contributed by atoms with van der Waals surface area (Å²) in [5, 5.41) is 0.0431. The molecule has 0 N–H and O–H groups in total. The van der Waals surface area contributed by atoms with Crippen molar-refractivity contribution in [3.8, 4) is 17.2 Å². The highest BCUT2D eigenvalue weighted by molar-refractivity contribution is 7.87. The molecule has 6 nitrogen and oxygen atoms in total. The van der Waals surface area contributed by atoms with Gasteiger partial charge < -0.3 is 17.8 Å². The lowest BCUT2D eigenvalue weighted by atomic mass is 10.00. The van der Waals surface area contributed by atoms with E-state index in [1.165, 1.54) is 0 Å². The zero-order chi connectivity index (χ0) is 33.9. The number of allylic oxidation sites excluding steroid dienone is 1. The van der Waals surface area contributed by atoms with Gasteiger partial charge in [-0.3, -0.25) is 0 Å². The van der Waals surface area contributed by atoms with Crippen molar-refractivity contribution >= 4 is 32.3 Å². The number of hydrogen-bond acceptors (Lipinski definition) is 6. The van der Waals surface area contributed by atoms with Crippen molar-refractivity contribution in [2.45, 2.75) is 110 Å². The van der Waals surface area contributed by atoms with E-state index >= 15 is 0 Å². The topological polar surface area (TPSA) is 71.1 Å². The van der Waals surface area contributed by atoms with Crippen LogP contribution in [0.3, 0.4) is 0 Å². The molecule has 0 amide bonds. The Labute approximate surface area is 269 Å². The van der Waals surface area contributed by atoms with E-state index in [2.05, 4.69) is 80.0 Å². The summed E-state index contributed by atoms with van der Waals surface area (Å²) in [6.07, 6.45) is 2.39. The molecular weight excluding hydrogens is 605 g/mol. The van der Waals surface area contributed by atoms with E-state index in [9.17, 15) is 8.42 Å². The van der Waals surface area contributed by atoms with Gasteiger partial charge in [-0.25, -0.2) is 0 Å². The first-order chi connectivity index (χ1) is 19.9. The summed E-state index contributed by atoms with van der Waals surface area (Å²) in [7, 11) is -6.76. The van der Waals surface area contributed by atoms with Gasteiger partial charge in [0.1, 0.15) is 10.6 Å². The number of ether oxygens (including phenoxy) is 1. The highest BCUT2D eigenvalue weighted by atomic mass is 32.2. The van der Waals surface area contributed by atoms with Crippen LogP contribution in [0, 0.1) is 13.8 Å². The molecule has 0 saturated carbocycles. The summed E-state index contributed by atoms with van der Waals surface area (Å²) in [4.78, 5) is 0.0758. The molecule has 0 aliphatic rings. The maximum absolute atomic E-state index is 13.3. The summed E-state index contributed by atoms with van der Waals surface area (Å²) >= 11 is 0. The smallest absolute Gasteiger partial charge is 0.339 e. The maximum Gasteiger partial charge on any atom is 0.339 e. The number of methoxy groups -OCH3 is 1. The highest BCUT2D eigenvalue weighted by Crippen LogP contribution is 2.48. The Balaban J connectivity index is 2.59. The highest BCUT2D eigenvalue weighted by Gasteiger charge is 2.41. The summed E-state index contributed by atoms with van der Waals surface area (Å²) in [5.74, 6) is 1.15. The Hall–Kier alpha value is -2.56. The number of aryl methyl sites for hydroxylation is 1. The lowest BCUT2D eigenvalue weighted by Crippen LogP contribution is -2.44. The second-order valence-electron chi connectivity index (χ2n) is 14.6. The standard InChI is InChI=1S/C35H54O6SSi2/c1-25-19-21-29(22-20-25)42(36,37)40-31-23-30(33(32(38-11)28(31)4)41-44(14,15)35(8,9)10)27(3)18-16-17-26(2)24-39-43(12,13)34(5,6)7/h16,19-23H,3,18,24H2,1-2,4-15H3. The first kappa shape index (κ1) is 37.6. The van der Waals surface area contributed by atoms with Crippen LogP contribution in [0.5, 0.6) is 17.2 Å². The van der Waals surface area contributed by atoms with E-state index in [4.69, 9.17) is 17.8 Å². The fourth-order valence-corrected chi connectivity index (χ4v) is 6.70. The Morgan fingerprint density at radius 2 is 1.48 bits per heavy atom. The number of rotatable bonds is 12. The van der Waals surface area contributed by atoms with E-state index in [-0.39, 0.29) is 20.7 Å². The second-order valence-corrected chi connectivity index (χ2v) is 25.7. The molecule has 0 saturated heterocycles. The first-order valence-electron chi connectivity index (χ1n) is 15.1. The van der Waals surface area contributed by atoms with Gasteiger partial charge in [0.15, 0.2) is 19.8 Å². The van der Waals surface area contributed by atoms with Crippen LogP contribution in [-0.4, -0.2) is 38.8 Å². The molecule has 0 bridgehead atoms. The Bertz CT molecular complexity index is 1520. The van der Waals surface area contributed by atoms with Crippen molar-refractivity contribution in [2.75, 3.05) is 13.7 Å². The van der Waals surface area contributed by atoms with Crippen molar-refractivity contribution in [2.24, 2.45) is 0 Å². The van der Waals surface area contributed by atoms with Crippen LogP contribution in [0.25, 0.3) is 5.57 Å². The molecule has 44 heavy (non-hydrogen) atoms. The molecule has 2 aromatic rings. The Kier molecular flexibility index (Phi) is 11.8. The molecule has 9 heteroatoms. The van der Waals surface area contributed by atoms with Crippen LogP contribution in [0.1, 0.15) is 71.6 Å². The van der Waals surface area contributed by atoms with Crippen molar-refractivity contribution in [3.05, 3.63) is 71.0 Å². The molecule has 2 aromatic carbocycles. The molecule has 0 spiro atoms. The van der Waals surface area contributed by atoms with E-state index < -0.39 is 26.8 Å². The average molecular weight is 659 g/mol. The number of benzene rings is 2. The maximum atomic E-state index is 13.3. The van der Waals surface area contributed by atoms with Crippen molar-refractivity contribution in [1.82, 2.24) is 0 Å². The normalized spacial score (nSPS) is 12.8. The Morgan fingerprint density at radius 3 is 1.98 bits per heavy atom. The van der Waals surface area contributed by atoms with Gasteiger partial charge in [-0.05, 0) is 98.9 Å². The van der Waals surface area contributed by atoms with Gasteiger partial charge in [0.2, 0.25) is 0 Å². The minimum absolute atomic E-state index is 0.0758. The average Bonchev–Trinajstić information content (AvgIpc) is 2.88. The molecule has 0 radical (unpaired) electrons. The van der Waals surface area contributed by atoms with Gasteiger partial charge in [0, 0.05) is 11.1 Å². The molecule has 0 unspecified atom stereocenters. The summed E-state index contributed by atoms with van der Waals surface area (Å²) in [5.41, 5.74) is 7.20. The zero-order valence-electron chi connectivity index (χ0n) is 29.4. The van der Waals surface area contributed by atoms with Crippen LogP contribution in [0.4, 0.5) is 0 Å². The van der Waals surface area contributed by atoms with Gasteiger partial charge in [0.05, 0.1) is 13.7 Å². The van der Waals surface area contributed by atoms with Crippen molar-refractivity contribution < 1.29 is 26.2 Å². The summed E-state index contributed by atoms with van der Waals surface area (Å²) in [6, 6.07) is 8.28. The quantitative estimate of drug-likeness (QED) is 0.128. The van der Waals surface area contributed by atoms with Gasteiger partial charge in [-0.15, -0.1) is 5.73 Å². The Morgan fingerprint density at radius 1 is 0.932 bits per heavy atom. The predicted octanol–water partition coefficient (Wildman–Crippen LogP) is 9.99. The lowest BCUT2D eigenvalue weighted by Gasteiger charge is -2.38. The molecule has 0 fully saturated rings. The second kappa shape index (κ2) is 13.8. The largest absolute Gasteiger partial charge is 0.541 e. The monoisotopic (exact) mass is 658 g/mol. The molecule has 0 atom stereocenters. The molecule has 0 aliphatic carbocycles. The van der Waals surface area contributed by atoms with Gasteiger partial charge in [0.25, 0.3) is 8.32 Å². The molecule has 0 aliphatic heterocycles. The summed E-state index contributed by atoms with van der Waals surface area (Å²) in [6.45, 7) is 32.5. The molecule has 2 rings (SSSR count). The first-order valence-corrected chi connectivity index (χ1v) is 22.3. The fourth-order valence-electron chi connectivity index (χ4n) is 3.69. The minimum atomic E-state index is -4.10. The van der Waals surface area contributed by atoms with Crippen LogP contribution >= 0.6 is 0 Å². The third-order valence-electron chi connectivity index (χ3n) is 8.85. The van der Waals surface area contributed by atoms with E-state index in [1.54, 1.807) is 44.4 Å². The van der Waals surface area contributed by atoms with Crippen molar-refractivity contribution in [1.29, 1.82) is 0 Å². The van der Waals surface area contributed by atoms with Gasteiger partial charge >= 0.3 is 10.1 Å². The third kappa shape index (κ3) is 9.24. The van der Waals surface area contributed by atoms with E-state index in [0.717, 1.165) is 16.7 Å². The van der Waals surface area contributed by atoms with E-state index in [1.807, 2.05) is 19.9 Å². The fraction of sp³-hybridized carbons (Fsp3) is 0.514. The third-order valence-corrected chi connectivity index (χ3v) is 18.9. The van der Waals surface area contributed by atoms with Crippen molar-refractivity contribution in [3.63, 3.8) is 0 Å². The van der Waals surface area contributed by atoms with E-state index in [0.29, 0.717) is 35.7 Å². The molecular formula is C35H54O6SSi2. The molecule has 244 valence electrons. The summed E-state index contributed by atoms with van der Waals surface area (Å²) < 4.78 is 51.4. The van der Waals surface area contributed by atoms with Crippen LogP contribution in [0.2, 0.25) is 36.3 Å². The van der Waals surface area contributed by atoms with Crippen LogP contribution in [-0.2, 0) is 14.5 Å². The predicted molar refractivity (Wildman–Crippen MR) is 189 cm³/mol. The van der Waals surface area contributed by atoms with Gasteiger partial charge in [-0.1, -0.05) is 65.8 Å². The van der Waals surface area contributed by atoms with Gasteiger partial charge in [-0.2, -0.15) is 8.42 Å². The zero-order valence-corrected chi connectivity index (χ0v) is 32.3. The lowest BCUT2D eigenvalue weighted by molar-refractivity contribution is 0.319.